The molecule has 1 amide bonds. The Hall–Kier alpha value is -1.16. The van der Waals surface area contributed by atoms with Gasteiger partial charge < -0.3 is 10.6 Å². The van der Waals surface area contributed by atoms with Crippen LogP contribution in [-0.4, -0.2) is 29.5 Å². The molecular weight excluding hydrogens is 268 g/mol. The molecule has 0 radical (unpaired) electrons. The molecule has 2 rings (SSSR count). The van der Waals surface area contributed by atoms with Gasteiger partial charge in [0, 0.05) is 29.1 Å². The van der Waals surface area contributed by atoms with Gasteiger partial charge in [-0.15, -0.1) is 0 Å². The van der Waals surface area contributed by atoms with Crippen LogP contribution in [0.4, 0.5) is 5.69 Å². The van der Waals surface area contributed by atoms with Crippen LogP contribution >= 0.6 is 11.8 Å². The molecule has 1 aliphatic rings. The SMILES string of the molecule is CCNc1ccc(C(=O)NCC2(C)CCCS2)cc1C. The highest BCUT2D eigenvalue weighted by molar-refractivity contribution is 8.00. The highest BCUT2D eigenvalue weighted by Crippen LogP contribution is 2.37. The van der Waals surface area contributed by atoms with Gasteiger partial charge in [0.1, 0.15) is 0 Å². The number of aryl methyl sites for hydroxylation is 1. The van der Waals surface area contributed by atoms with Gasteiger partial charge in [-0.3, -0.25) is 4.79 Å². The Bertz CT molecular complexity index is 481. The minimum absolute atomic E-state index is 0.0323. The van der Waals surface area contributed by atoms with Crippen LogP contribution in [0.25, 0.3) is 0 Å². The quantitative estimate of drug-likeness (QED) is 0.873. The number of carbonyl (C=O) groups excluding carboxylic acids is 1. The van der Waals surface area contributed by atoms with Crippen molar-refractivity contribution in [1.82, 2.24) is 5.32 Å². The Balaban J connectivity index is 1.97. The van der Waals surface area contributed by atoms with Crippen LogP contribution in [0.5, 0.6) is 0 Å². The van der Waals surface area contributed by atoms with Gasteiger partial charge in [-0.1, -0.05) is 0 Å². The predicted octanol–water partition coefficient (Wildman–Crippen LogP) is 3.44. The van der Waals surface area contributed by atoms with Gasteiger partial charge >= 0.3 is 0 Å². The normalized spacial score (nSPS) is 21.8. The smallest absolute Gasteiger partial charge is 0.251 e. The highest BCUT2D eigenvalue weighted by Gasteiger charge is 2.29. The summed E-state index contributed by atoms with van der Waals surface area (Å²) >= 11 is 1.97. The number of hydrogen-bond acceptors (Lipinski definition) is 3. The van der Waals surface area contributed by atoms with Gasteiger partial charge in [-0.25, -0.2) is 0 Å². The van der Waals surface area contributed by atoms with Crippen molar-refractivity contribution in [2.45, 2.75) is 38.4 Å². The molecule has 110 valence electrons. The van der Waals surface area contributed by atoms with Crippen molar-refractivity contribution < 1.29 is 4.79 Å². The van der Waals surface area contributed by atoms with Gasteiger partial charge in [0.25, 0.3) is 5.91 Å². The standard InChI is InChI=1S/C16H24N2OS/c1-4-17-14-7-6-13(10-12(14)2)15(19)18-11-16(3)8-5-9-20-16/h6-7,10,17H,4-5,8-9,11H2,1-3H3,(H,18,19). The number of thioether (sulfide) groups is 1. The molecule has 1 atom stereocenters. The fourth-order valence-corrected chi connectivity index (χ4v) is 3.78. The minimum Gasteiger partial charge on any atom is -0.385 e. The third-order valence-corrected chi connectivity index (χ3v) is 5.32. The van der Waals surface area contributed by atoms with Crippen LogP contribution in [0.1, 0.15) is 42.6 Å². The first-order valence-corrected chi connectivity index (χ1v) is 8.29. The van der Waals surface area contributed by atoms with Crippen LogP contribution in [0.15, 0.2) is 18.2 Å². The van der Waals surface area contributed by atoms with E-state index in [4.69, 9.17) is 0 Å². The second-order valence-electron chi connectivity index (χ2n) is 5.64. The number of amides is 1. The van der Waals surface area contributed by atoms with E-state index >= 15 is 0 Å². The molecule has 1 unspecified atom stereocenters. The summed E-state index contributed by atoms with van der Waals surface area (Å²) in [6, 6.07) is 5.84. The molecule has 4 heteroatoms. The molecule has 1 fully saturated rings. The lowest BCUT2D eigenvalue weighted by Crippen LogP contribution is -2.36. The average molecular weight is 292 g/mol. The molecule has 0 aromatic heterocycles. The lowest BCUT2D eigenvalue weighted by molar-refractivity contribution is 0.0950. The topological polar surface area (TPSA) is 41.1 Å². The van der Waals surface area contributed by atoms with E-state index < -0.39 is 0 Å². The summed E-state index contributed by atoms with van der Waals surface area (Å²) in [6.45, 7) is 7.99. The Morgan fingerprint density at radius 2 is 2.25 bits per heavy atom. The zero-order valence-corrected chi connectivity index (χ0v) is 13.4. The van der Waals surface area contributed by atoms with Crippen LogP contribution < -0.4 is 10.6 Å². The van der Waals surface area contributed by atoms with E-state index in [0.29, 0.717) is 0 Å². The van der Waals surface area contributed by atoms with Crippen molar-refractivity contribution in [2.24, 2.45) is 0 Å². The molecule has 1 aromatic rings. The van der Waals surface area contributed by atoms with Gasteiger partial charge in [0.2, 0.25) is 0 Å². The fourth-order valence-electron chi connectivity index (χ4n) is 2.54. The van der Waals surface area contributed by atoms with E-state index in [-0.39, 0.29) is 10.7 Å². The van der Waals surface area contributed by atoms with Gasteiger partial charge in [-0.2, -0.15) is 11.8 Å². The lowest BCUT2D eigenvalue weighted by Gasteiger charge is -2.23. The fraction of sp³-hybridized carbons (Fsp3) is 0.562. The van der Waals surface area contributed by atoms with Gasteiger partial charge in [0.15, 0.2) is 0 Å². The van der Waals surface area contributed by atoms with Crippen molar-refractivity contribution in [3.63, 3.8) is 0 Å². The highest BCUT2D eigenvalue weighted by atomic mass is 32.2. The van der Waals surface area contributed by atoms with Crippen molar-refractivity contribution in [3.05, 3.63) is 29.3 Å². The summed E-state index contributed by atoms with van der Waals surface area (Å²) in [7, 11) is 0. The Morgan fingerprint density at radius 3 is 2.85 bits per heavy atom. The van der Waals surface area contributed by atoms with E-state index in [9.17, 15) is 4.79 Å². The maximum atomic E-state index is 12.2. The molecule has 0 bridgehead atoms. The second kappa shape index (κ2) is 6.53. The maximum Gasteiger partial charge on any atom is 0.251 e. The molecular formula is C16H24N2OS. The summed E-state index contributed by atoms with van der Waals surface area (Å²) in [5.74, 6) is 1.24. The van der Waals surface area contributed by atoms with Gasteiger partial charge in [0.05, 0.1) is 0 Å². The zero-order valence-electron chi connectivity index (χ0n) is 12.6. The molecule has 1 aromatic carbocycles. The largest absolute Gasteiger partial charge is 0.385 e. The maximum absolute atomic E-state index is 12.2. The molecule has 0 aliphatic carbocycles. The van der Waals surface area contributed by atoms with E-state index in [1.165, 1.54) is 18.6 Å². The third-order valence-electron chi connectivity index (χ3n) is 3.78. The Morgan fingerprint density at radius 1 is 1.45 bits per heavy atom. The minimum atomic E-state index is 0.0323. The molecule has 1 heterocycles. The van der Waals surface area contributed by atoms with E-state index in [0.717, 1.165) is 29.9 Å². The average Bonchev–Trinajstić information content (AvgIpc) is 2.86. The summed E-state index contributed by atoms with van der Waals surface area (Å²) < 4.78 is 0.217. The number of anilines is 1. The molecule has 0 spiro atoms. The van der Waals surface area contributed by atoms with Crippen molar-refractivity contribution in [2.75, 3.05) is 24.2 Å². The molecule has 0 saturated carbocycles. The van der Waals surface area contributed by atoms with Crippen LogP contribution in [0, 0.1) is 6.92 Å². The first-order chi connectivity index (χ1) is 9.54. The van der Waals surface area contributed by atoms with E-state index in [1.807, 2.05) is 36.9 Å². The van der Waals surface area contributed by atoms with Crippen molar-refractivity contribution in [1.29, 1.82) is 0 Å². The first-order valence-electron chi connectivity index (χ1n) is 7.31. The Kier molecular flexibility index (Phi) is 4.97. The summed E-state index contributed by atoms with van der Waals surface area (Å²) in [4.78, 5) is 12.2. The monoisotopic (exact) mass is 292 g/mol. The summed E-state index contributed by atoms with van der Waals surface area (Å²) in [5, 5.41) is 6.37. The Labute approximate surface area is 125 Å². The zero-order chi connectivity index (χ0) is 14.6. The number of benzene rings is 1. The molecule has 1 saturated heterocycles. The molecule has 1 aliphatic heterocycles. The number of nitrogens with one attached hydrogen (secondary N) is 2. The molecule has 2 N–H and O–H groups in total. The third kappa shape index (κ3) is 3.69. The number of carbonyl (C=O) groups is 1. The predicted molar refractivity (Wildman–Crippen MR) is 87.8 cm³/mol. The van der Waals surface area contributed by atoms with E-state index in [1.54, 1.807) is 0 Å². The number of rotatable bonds is 5. The second-order valence-corrected chi connectivity index (χ2v) is 7.33. The van der Waals surface area contributed by atoms with Crippen LogP contribution in [0.2, 0.25) is 0 Å². The van der Waals surface area contributed by atoms with E-state index in [2.05, 4.69) is 24.5 Å². The van der Waals surface area contributed by atoms with Crippen molar-refractivity contribution >= 4 is 23.4 Å². The van der Waals surface area contributed by atoms with Crippen LogP contribution in [0.3, 0.4) is 0 Å². The molecule has 3 nitrogen and oxygen atoms in total. The van der Waals surface area contributed by atoms with Crippen molar-refractivity contribution in [3.8, 4) is 0 Å². The summed E-state index contributed by atoms with van der Waals surface area (Å²) in [6.07, 6.45) is 2.45. The lowest BCUT2D eigenvalue weighted by atomic mass is 10.1. The summed E-state index contributed by atoms with van der Waals surface area (Å²) in [5.41, 5.74) is 2.96. The number of hydrogen-bond donors (Lipinski definition) is 2. The van der Waals surface area contributed by atoms with Crippen LogP contribution in [-0.2, 0) is 0 Å². The molecule has 20 heavy (non-hydrogen) atoms. The van der Waals surface area contributed by atoms with Gasteiger partial charge in [-0.05, 0) is 63.1 Å². The first kappa shape index (κ1) is 15.2.